The van der Waals surface area contributed by atoms with Gasteiger partial charge in [0.25, 0.3) is 5.91 Å². The molecule has 0 spiro atoms. The van der Waals surface area contributed by atoms with Gasteiger partial charge in [0, 0.05) is 56.5 Å². The maximum absolute atomic E-state index is 16.0. The minimum Gasteiger partial charge on any atom is -0.374 e. The molecule has 90 heavy (non-hydrogen) atoms. The summed E-state index contributed by atoms with van der Waals surface area (Å²) in [6.07, 6.45) is 59.6. The zero-order valence-corrected chi connectivity index (χ0v) is 61.3. The second kappa shape index (κ2) is 44.7. The topological polar surface area (TPSA) is 40.6 Å². The third-order valence-electron chi connectivity index (χ3n) is 19.7. The van der Waals surface area contributed by atoms with Gasteiger partial charge in [0.05, 0.1) is 11.3 Å². The molecule has 0 saturated carbocycles. The summed E-state index contributed by atoms with van der Waals surface area (Å²) in [4.78, 5) is 37.4. The van der Waals surface area contributed by atoms with Crippen molar-refractivity contribution in [2.75, 3.05) is 29.9 Å². The van der Waals surface area contributed by atoms with Gasteiger partial charge in [-0.2, -0.15) is 0 Å². The minimum atomic E-state index is 0.0745. The highest BCUT2D eigenvalue weighted by molar-refractivity contribution is 7.85. The molecular weight excluding hydrogens is 1130 g/mol. The van der Waals surface area contributed by atoms with Crippen LogP contribution < -0.4 is 20.2 Å². The van der Waals surface area contributed by atoms with Crippen molar-refractivity contribution in [2.24, 2.45) is 17.8 Å². The number of carbonyl (C=O) groups is 2. The Hall–Kier alpha value is -3.87. The predicted octanol–water partition coefficient (Wildman–Crippen LogP) is 25.1. The van der Waals surface area contributed by atoms with Crippen LogP contribution in [0.15, 0.2) is 83.8 Å². The van der Waals surface area contributed by atoms with Crippen LogP contribution in [0.5, 0.6) is 0 Å². The van der Waals surface area contributed by atoms with Gasteiger partial charge >= 0.3 is 0 Å². The number of nitrogens with zero attached hydrogens (tertiary/aromatic N) is 2. The lowest BCUT2D eigenvalue weighted by Gasteiger charge is -2.28. The second-order valence-electron chi connectivity index (χ2n) is 29.2. The standard InChI is InChI=1S/C84H132N2O2S2/c1-11-15-19-23-27-31-33-37-40-44-50-68(49-43-39-35-29-25-21-17-13-3)64-85(10)77-63-75-78(62-74(77)76(66-87)79(89)53-47-48-67(5)6)86(65-69(51-45-41-36-30-26-22-18-14-4)52-46-42-38-34-32-28-24-20-16-12-2)83(88)82(75)81-59-58-80(90-81)72-55-54-71-61-73(84(7,8)9)57-56-70(71)60-72/h47-48,53-63,66-69,89H,11-46,49-52,64-65H2,1-10H3/b48-47+,76-74+,79-53-. The van der Waals surface area contributed by atoms with Crippen LogP contribution >= 0.6 is 24.0 Å². The van der Waals surface area contributed by atoms with Gasteiger partial charge in [0.2, 0.25) is 0 Å². The molecule has 0 radical (unpaired) electrons. The van der Waals surface area contributed by atoms with Gasteiger partial charge in [-0.05, 0) is 107 Å². The van der Waals surface area contributed by atoms with Gasteiger partial charge in [-0.15, -0.1) is 24.0 Å². The van der Waals surface area contributed by atoms with Crippen molar-refractivity contribution >= 4 is 69.5 Å². The number of thiol groups is 1. The summed E-state index contributed by atoms with van der Waals surface area (Å²) < 4.78 is 0. The molecule has 6 heteroatoms. The number of carbonyl (C=O) groups excluding carboxylic acids is 2. The van der Waals surface area contributed by atoms with E-state index in [1.165, 1.54) is 271 Å². The number of aldehydes is 1. The van der Waals surface area contributed by atoms with Crippen LogP contribution in [0, 0.1) is 17.8 Å². The fourth-order valence-electron chi connectivity index (χ4n) is 13.9. The van der Waals surface area contributed by atoms with E-state index >= 15 is 4.79 Å². The highest BCUT2D eigenvalue weighted by Gasteiger charge is 2.34. The van der Waals surface area contributed by atoms with Crippen LogP contribution in [-0.2, 0) is 15.0 Å². The first-order valence-corrected chi connectivity index (χ1v) is 39.1. The third-order valence-corrected chi connectivity index (χ3v) is 21.2. The van der Waals surface area contributed by atoms with Gasteiger partial charge in [-0.1, -0.05) is 336 Å². The Morgan fingerprint density at radius 1 is 0.544 bits per heavy atom. The van der Waals surface area contributed by atoms with Crippen molar-refractivity contribution in [3.63, 3.8) is 0 Å². The number of unbranched alkanes of at least 4 members (excludes halogenated alkanes) is 32. The molecule has 4 aromatic rings. The summed E-state index contributed by atoms with van der Waals surface area (Å²) in [5, 5.41) is 4.36. The largest absolute Gasteiger partial charge is 0.374 e. The van der Waals surface area contributed by atoms with Gasteiger partial charge in [0.1, 0.15) is 0 Å². The smallest absolute Gasteiger partial charge is 0.260 e. The number of rotatable bonds is 51. The lowest BCUT2D eigenvalue weighted by molar-refractivity contribution is -0.113. The first-order valence-electron chi connectivity index (χ1n) is 37.9. The summed E-state index contributed by atoms with van der Waals surface area (Å²) in [6.45, 7) is 22.0. The number of hydrogen-bond acceptors (Lipinski definition) is 5. The Bertz CT molecular complexity index is 2830. The Morgan fingerprint density at radius 3 is 1.43 bits per heavy atom. The summed E-state index contributed by atoms with van der Waals surface area (Å²) in [7, 11) is 2.27. The van der Waals surface area contributed by atoms with E-state index in [1.807, 2.05) is 6.08 Å². The number of amides is 1. The average molecular weight is 1270 g/mol. The molecule has 4 nitrogen and oxygen atoms in total. The number of anilines is 2. The molecule has 5 rings (SSSR count). The molecule has 2 atom stereocenters. The monoisotopic (exact) mass is 1260 g/mol. The zero-order chi connectivity index (χ0) is 64.8. The average Bonchev–Trinajstić information content (AvgIpc) is 1.58. The Kier molecular flexibility index (Phi) is 38.1. The first-order chi connectivity index (χ1) is 43.7. The molecule has 1 aromatic heterocycles. The molecule has 0 N–H and O–H groups in total. The number of allylic oxidation sites excluding steroid dienone is 4. The van der Waals surface area contributed by atoms with E-state index in [1.54, 1.807) is 11.3 Å². The maximum Gasteiger partial charge on any atom is 0.260 e. The van der Waals surface area contributed by atoms with Crippen LogP contribution in [0.25, 0.3) is 32.4 Å². The molecule has 1 aliphatic heterocycles. The Balaban J connectivity index is 1.60. The maximum atomic E-state index is 16.0. The summed E-state index contributed by atoms with van der Waals surface area (Å²) >= 11 is 6.91. The van der Waals surface area contributed by atoms with E-state index in [9.17, 15) is 4.79 Å². The van der Waals surface area contributed by atoms with E-state index < -0.39 is 0 Å². The molecule has 0 fully saturated rings. The van der Waals surface area contributed by atoms with Gasteiger partial charge in [-0.3, -0.25) is 9.59 Å². The van der Waals surface area contributed by atoms with Crippen LogP contribution in [-0.4, -0.2) is 32.3 Å². The molecule has 0 saturated heterocycles. The van der Waals surface area contributed by atoms with Crippen LogP contribution in [0.1, 0.15) is 330 Å². The van der Waals surface area contributed by atoms with Crippen molar-refractivity contribution in [3.05, 3.63) is 105 Å². The minimum absolute atomic E-state index is 0.0745. The highest BCUT2D eigenvalue weighted by atomic mass is 32.1. The fourth-order valence-corrected chi connectivity index (χ4v) is 15.2. The molecule has 502 valence electrons. The molecule has 2 unspecified atom stereocenters. The van der Waals surface area contributed by atoms with E-state index in [0.717, 1.165) is 57.9 Å². The SMILES string of the molecule is CCCCCCCCCCCCC(CCCCCCCCCC)CN(C)c1cc2c(c\c1=C(C=O)/C(S)=C/C=C/C(C)C)N(CC(CCCCCCCCCC)CCCCCCCCCCCC)C(=O)C=2c1ccc(-c2ccc3cc(C(C)(C)C)ccc3c2)s1. The predicted molar refractivity (Wildman–Crippen MR) is 405 cm³/mol. The van der Waals surface area contributed by atoms with Crippen molar-refractivity contribution in [2.45, 2.75) is 325 Å². The number of fused-ring (bicyclic) bond motifs is 2. The van der Waals surface area contributed by atoms with E-state index in [-0.39, 0.29) is 11.3 Å². The fraction of sp³-hybridized carbons (Fsp3) is 0.667. The highest BCUT2D eigenvalue weighted by Crippen LogP contribution is 2.38. The molecule has 2 heterocycles. The van der Waals surface area contributed by atoms with Crippen molar-refractivity contribution < 1.29 is 9.59 Å². The van der Waals surface area contributed by atoms with Crippen LogP contribution in [0.4, 0.5) is 11.4 Å². The van der Waals surface area contributed by atoms with Crippen molar-refractivity contribution in [1.29, 1.82) is 0 Å². The summed E-state index contributed by atoms with van der Waals surface area (Å²) in [6, 6.07) is 22.8. The zero-order valence-electron chi connectivity index (χ0n) is 59.6. The van der Waals surface area contributed by atoms with Crippen LogP contribution in [0.2, 0.25) is 0 Å². The van der Waals surface area contributed by atoms with E-state index in [4.69, 9.17) is 12.6 Å². The molecule has 0 aliphatic carbocycles. The Morgan fingerprint density at radius 2 is 0.978 bits per heavy atom. The lowest BCUT2D eigenvalue weighted by Crippen LogP contribution is -2.35. The first kappa shape index (κ1) is 76.8. The van der Waals surface area contributed by atoms with E-state index in [2.05, 4.69) is 152 Å². The Labute approximate surface area is 562 Å². The molecule has 1 amide bonds. The van der Waals surface area contributed by atoms with Gasteiger partial charge < -0.3 is 9.80 Å². The van der Waals surface area contributed by atoms with E-state index in [0.29, 0.717) is 34.8 Å². The van der Waals surface area contributed by atoms with Crippen LogP contribution in [0.3, 0.4) is 0 Å². The van der Waals surface area contributed by atoms with Gasteiger partial charge in [-0.25, -0.2) is 0 Å². The molecule has 1 aliphatic rings. The number of thiophene rings is 1. The summed E-state index contributed by atoms with van der Waals surface area (Å²) in [5.74, 6) is 1.38. The van der Waals surface area contributed by atoms with Crippen molar-refractivity contribution in [1.82, 2.24) is 0 Å². The quantitative estimate of drug-likeness (QED) is 0.0207. The molecular formula is C84H132N2O2S2. The van der Waals surface area contributed by atoms with Gasteiger partial charge in [0.15, 0.2) is 6.29 Å². The molecule has 0 bridgehead atoms. The number of hydrogen-bond donors (Lipinski definition) is 1. The summed E-state index contributed by atoms with van der Waals surface area (Å²) in [5.41, 5.74) is 5.94. The normalized spacial score (nSPS) is 14.0. The molecule has 3 aromatic carbocycles. The lowest BCUT2D eigenvalue weighted by atomic mass is 9.86. The van der Waals surface area contributed by atoms with Crippen molar-refractivity contribution in [3.8, 4) is 10.4 Å². The third kappa shape index (κ3) is 27.6. The number of benzene rings is 3. The second-order valence-corrected chi connectivity index (χ2v) is 30.7.